The molecule has 0 aliphatic heterocycles. The first kappa shape index (κ1) is 18.3. The monoisotopic (exact) mass is 359 g/mol. The number of aryl methyl sites for hydroxylation is 3. The lowest BCUT2D eigenvalue weighted by Crippen LogP contribution is -2.29. The Morgan fingerprint density at radius 3 is 3.00 bits per heavy atom. The molecule has 2 heterocycles. The van der Waals surface area contributed by atoms with E-state index in [2.05, 4.69) is 20.5 Å². The molecule has 8 nitrogen and oxygen atoms in total. The van der Waals surface area contributed by atoms with Gasteiger partial charge in [0.15, 0.2) is 5.82 Å². The topological polar surface area (TPSA) is 91.2 Å². The van der Waals surface area contributed by atoms with Gasteiger partial charge in [-0.2, -0.15) is 0 Å². The van der Waals surface area contributed by atoms with Gasteiger partial charge in [0.1, 0.15) is 11.9 Å². The van der Waals surface area contributed by atoms with Crippen LogP contribution in [0.25, 0.3) is 0 Å². The highest BCUT2D eigenvalue weighted by molar-refractivity contribution is 5.96. The number of carbonyl (C=O) groups excluding carboxylic acids is 1. The maximum atomic E-state index is 12.8. The van der Waals surface area contributed by atoms with E-state index in [0.29, 0.717) is 23.9 Å². The molecular formula is C18H25N5O3. The number of nitrogens with one attached hydrogen (secondary N) is 1. The number of nitrogens with zero attached hydrogens (tertiary/aromatic N) is 4. The molecule has 0 radical (unpaired) electrons. The number of methoxy groups -OCH3 is 2. The normalized spacial score (nSPS) is 14.1. The van der Waals surface area contributed by atoms with E-state index < -0.39 is 0 Å². The van der Waals surface area contributed by atoms with Crippen molar-refractivity contribution in [2.75, 3.05) is 20.8 Å². The molecule has 26 heavy (non-hydrogen) atoms. The molecule has 0 spiro atoms. The standard InChI is InChI=1S/C18H25N5O3/c1-12(16-22-19-11-23(16)8-5-9-25-2)20-17(24)14-10-13-6-4-7-15(13)21-18(14)26-3/h10-12H,4-9H2,1-3H3,(H,20,24)/t12-/m0/s1. The first-order valence-corrected chi connectivity index (χ1v) is 8.88. The Hall–Kier alpha value is -2.48. The summed E-state index contributed by atoms with van der Waals surface area (Å²) in [6.45, 7) is 3.29. The second kappa shape index (κ2) is 8.27. The fourth-order valence-electron chi connectivity index (χ4n) is 3.26. The van der Waals surface area contributed by atoms with Crippen LogP contribution in [0.2, 0.25) is 0 Å². The average Bonchev–Trinajstić information content (AvgIpc) is 3.29. The van der Waals surface area contributed by atoms with E-state index in [1.54, 1.807) is 13.4 Å². The van der Waals surface area contributed by atoms with Crippen LogP contribution in [0.3, 0.4) is 0 Å². The van der Waals surface area contributed by atoms with Crippen LogP contribution in [0.15, 0.2) is 12.4 Å². The molecule has 0 saturated carbocycles. The van der Waals surface area contributed by atoms with E-state index in [9.17, 15) is 4.79 Å². The minimum absolute atomic E-state index is 0.219. The molecule has 1 N–H and O–H groups in total. The molecule has 3 rings (SSSR count). The van der Waals surface area contributed by atoms with Crippen molar-refractivity contribution in [3.8, 4) is 5.88 Å². The van der Waals surface area contributed by atoms with Gasteiger partial charge in [0.2, 0.25) is 5.88 Å². The maximum absolute atomic E-state index is 12.8. The van der Waals surface area contributed by atoms with Crippen molar-refractivity contribution in [2.24, 2.45) is 0 Å². The van der Waals surface area contributed by atoms with E-state index >= 15 is 0 Å². The third kappa shape index (κ3) is 3.85. The summed E-state index contributed by atoms with van der Waals surface area (Å²) in [6, 6.07) is 1.62. The number of carbonyl (C=O) groups is 1. The molecule has 1 atom stereocenters. The van der Waals surface area contributed by atoms with Gasteiger partial charge in [0.25, 0.3) is 5.91 Å². The number of rotatable bonds is 8. The Kier molecular flexibility index (Phi) is 5.82. The Morgan fingerprint density at radius 2 is 2.23 bits per heavy atom. The highest BCUT2D eigenvalue weighted by atomic mass is 16.5. The Labute approximate surface area is 152 Å². The summed E-state index contributed by atoms with van der Waals surface area (Å²) in [5, 5.41) is 11.1. The largest absolute Gasteiger partial charge is 0.480 e. The lowest BCUT2D eigenvalue weighted by molar-refractivity contribution is 0.0933. The summed E-state index contributed by atoms with van der Waals surface area (Å²) in [5.74, 6) is 0.863. The van der Waals surface area contributed by atoms with E-state index in [0.717, 1.165) is 43.5 Å². The van der Waals surface area contributed by atoms with Crippen LogP contribution < -0.4 is 10.1 Å². The number of hydrogen-bond donors (Lipinski definition) is 1. The molecular weight excluding hydrogens is 334 g/mol. The van der Waals surface area contributed by atoms with Gasteiger partial charge in [0.05, 0.1) is 13.2 Å². The first-order valence-electron chi connectivity index (χ1n) is 8.88. The number of aromatic nitrogens is 4. The average molecular weight is 359 g/mol. The molecule has 2 aromatic rings. The summed E-state index contributed by atoms with van der Waals surface area (Å²) < 4.78 is 12.3. The molecule has 140 valence electrons. The zero-order valence-corrected chi connectivity index (χ0v) is 15.5. The molecule has 1 aliphatic rings. The fourth-order valence-corrected chi connectivity index (χ4v) is 3.26. The summed E-state index contributed by atoms with van der Waals surface area (Å²) in [4.78, 5) is 17.3. The fraction of sp³-hybridized carbons (Fsp3) is 0.556. The molecule has 0 fully saturated rings. The van der Waals surface area contributed by atoms with E-state index in [1.807, 2.05) is 17.6 Å². The molecule has 1 amide bonds. The predicted octanol–water partition coefficient (Wildman–Crippen LogP) is 1.70. The molecule has 1 aliphatic carbocycles. The lowest BCUT2D eigenvalue weighted by atomic mass is 10.1. The zero-order valence-electron chi connectivity index (χ0n) is 15.5. The Balaban J connectivity index is 1.73. The predicted molar refractivity (Wildman–Crippen MR) is 95.2 cm³/mol. The van der Waals surface area contributed by atoms with Gasteiger partial charge < -0.3 is 19.4 Å². The third-order valence-electron chi connectivity index (χ3n) is 4.58. The third-order valence-corrected chi connectivity index (χ3v) is 4.58. The minimum atomic E-state index is -0.287. The van der Waals surface area contributed by atoms with Crippen molar-refractivity contribution in [3.63, 3.8) is 0 Å². The van der Waals surface area contributed by atoms with Crippen molar-refractivity contribution >= 4 is 5.91 Å². The SMILES string of the molecule is COCCCn1cnnc1[C@H](C)NC(=O)c1cc2c(nc1OC)CCC2. The summed E-state index contributed by atoms with van der Waals surface area (Å²) in [7, 11) is 3.21. The highest BCUT2D eigenvalue weighted by Crippen LogP contribution is 2.27. The van der Waals surface area contributed by atoms with Gasteiger partial charge >= 0.3 is 0 Å². The van der Waals surface area contributed by atoms with Crippen LogP contribution in [-0.2, 0) is 24.1 Å². The molecule has 8 heteroatoms. The minimum Gasteiger partial charge on any atom is -0.480 e. The number of pyridine rings is 1. The van der Waals surface area contributed by atoms with Gasteiger partial charge in [0, 0.05) is 26.0 Å². The van der Waals surface area contributed by atoms with Gasteiger partial charge in [-0.15, -0.1) is 10.2 Å². The number of hydrogen-bond acceptors (Lipinski definition) is 6. The molecule has 0 aromatic carbocycles. The van der Waals surface area contributed by atoms with E-state index in [-0.39, 0.29) is 11.9 Å². The smallest absolute Gasteiger partial charge is 0.257 e. The van der Waals surface area contributed by atoms with Crippen molar-refractivity contribution in [1.29, 1.82) is 0 Å². The van der Waals surface area contributed by atoms with Crippen LogP contribution in [-0.4, -0.2) is 46.5 Å². The number of ether oxygens (including phenoxy) is 2. The second-order valence-corrected chi connectivity index (χ2v) is 6.43. The van der Waals surface area contributed by atoms with Gasteiger partial charge in [-0.1, -0.05) is 0 Å². The van der Waals surface area contributed by atoms with Gasteiger partial charge in [-0.05, 0) is 44.2 Å². The maximum Gasteiger partial charge on any atom is 0.257 e. The summed E-state index contributed by atoms with van der Waals surface area (Å²) in [6.07, 6.45) is 5.48. The quantitative estimate of drug-likeness (QED) is 0.722. The second-order valence-electron chi connectivity index (χ2n) is 6.43. The van der Waals surface area contributed by atoms with Crippen LogP contribution >= 0.6 is 0 Å². The van der Waals surface area contributed by atoms with Gasteiger partial charge in [-0.25, -0.2) is 4.98 Å². The summed E-state index contributed by atoms with van der Waals surface area (Å²) >= 11 is 0. The van der Waals surface area contributed by atoms with Crippen molar-refractivity contribution in [2.45, 2.75) is 45.2 Å². The number of fused-ring (bicyclic) bond motifs is 1. The lowest BCUT2D eigenvalue weighted by Gasteiger charge is -2.16. The molecule has 0 unspecified atom stereocenters. The Morgan fingerprint density at radius 1 is 1.38 bits per heavy atom. The van der Waals surface area contributed by atoms with Gasteiger partial charge in [-0.3, -0.25) is 4.79 Å². The van der Waals surface area contributed by atoms with Crippen LogP contribution in [0, 0.1) is 0 Å². The van der Waals surface area contributed by atoms with E-state index in [4.69, 9.17) is 9.47 Å². The number of amides is 1. The summed E-state index contributed by atoms with van der Waals surface area (Å²) in [5.41, 5.74) is 2.63. The molecule has 0 saturated heterocycles. The van der Waals surface area contributed by atoms with Crippen LogP contribution in [0.4, 0.5) is 0 Å². The first-order chi connectivity index (χ1) is 12.6. The highest BCUT2D eigenvalue weighted by Gasteiger charge is 2.23. The van der Waals surface area contributed by atoms with Crippen molar-refractivity contribution in [1.82, 2.24) is 25.1 Å². The van der Waals surface area contributed by atoms with Crippen LogP contribution in [0.1, 0.15) is 53.2 Å². The van der Waals surface area contributed by atoms with E-state index in [1.165, 1.54) is 7.11 Å². The Bertz CT molecular complexity index is 774. The van der Waals surface area contributed by atoms with Crippen LogP contribution in [0.5, 0.6) is 5.88 Å². The zero-order chi connectivity index (χ0) is 18.5. The molecule has 0 bridgehead atoms. The molecule has 2 aromatic heterocycles. The van der Waals surface area contributed by atoms with Crippen molar-refractivity contribution < 1.29 is 14.3 Å². The van der Waals surface area contributed by atoms with Crippen molar-refractivity contribution in [3.05, 3.63) is 35.0 Å².